The molecule has 3 heteroatoms. The Balaban J connectivity index is 2.29. The van der Waals surface area contributed by atoms with Crippen LogP contribution in [0.25, 0.3) is 10.8 Å². The van der Waals surface area contributed by atoms with Crippen LogP contribution in [0, 0.1) is 0 Å². The zero-order valence-electron chi connectivity index (χ0n) is 12.8. The fraction of sp³-hybridized carbons (Fsp3) is 0.471. The molecule has 0 radical (unpaired) electrons. The van der Waals surface area contributed by atoms with Crippen LogP contribution in [-0.4, -0.2) is 37.1 Å². The van der Waals surface area contributed by atoms with Gasteiger partial charge in [0.15, 0.2) is 0 Å². The van der Waals surface area contributed by atoms with Crippen molar-refractivity contribution in [3.63, 3.8) is 0 Å². The lowest BCUT2D eigenvalue weighted by molar-refractivity contribution is 0.361. The van der Waals surface area contributed by atoms with Crippen LogP contribution in [0.5, 0.6) is 0 Å². The fourth-order valence-electron chi connectivity index (χ4n) is 2.49. The van der Waals surface area contributed by atoms with Crippen molar-refractivity contribution in [2.45, 2.75) is 25.8 Å². The van der Waals surface area contributed by atoms with Gasteiger partial charge < -0.3 is 10.2 Å². The first-order chi connectivity index (χ1) is 9.72. The highest BCUT2D eigenvalue weighted by Crippen LogP contribution is 2.25. The van der Waals surface area contributed by atoms with Crippen LogP contribution < -0.4 is 5.32 Å². The van der Waals surface area contributed by atoms with Gasteiger partial charge in [-0.2, -0.15) is 0 Å². The van der Waals surface area contributed by atoms with E-state index in [-0.39, 0.29) is 0 Å². The van der Waals surface area contributed by atoms with E-state index in [0.29, 0.717) is 6.04 Å². The van der Waals surface area contributed by atoms with E-state index < -0.39 is 0 Å². The van der Waals surface area contributed by atoms with Gasteiger partial charge in [0.25, 0.3) is 0 Å². The summed E-state index contributed by atoms with van der Waals surface area (Å²) >= 11 is 0. The molecule has 108 valence electrons. The molecule has 0 saturated heterocycles. The van der Waals surface area contributed by atoms with Crippen molar-refractivity contribution in [3.05, 3.63) is 42.2 Å². The largest absolute Gasteiger partial charge is 0.310 e. The molecule has 0 bridgehead atoms. The zero-order chi connectivity index (χ0) is 14.4. The standard InChI is InChI=1S/C17H25N3/c1-4-10-19-17(9-11-20(2)3)16-13-18-12-14-7-5-6-8-15(14)16/h5-8,12-13,17,19H,4,9-11H2,1-3H3. The Morgan fingerprint density at radius 1 is 1.20 bits per heavy atom. The number of fused-ring (bicyclic) bond motifs is 1. The maximum absolute atomic E-state index is 4.42. The molecule has 2 aromatic rings. The molecular weight excluding hydrogens is 246 g/mol. The predicted octanol–water partition coefficient (Wildman–Crippen LogP) is 3.23. The number of rotatable bonds is 7. The lowest BCUT2D eigenvalue weighted by Gasteiger charge is -2.22. The minimum absolute atomic E-state index is 0.371. The van der Waals surface area contributed by atoms with E-state index in [1.165, 1.54) is 16.3 Å². The summed E-state index contributed by atoms with van der Waals surface area (Å²) in [6.45, 7) is 4.32. The average Bonchev–Trinajstić information content (AvgIpc) is 2.47. The first kappa shape index (κ1) is 14.9. The van der Waals surface area contributed by atoms with Crippen LogP contribution in [0.2, 0.25) is 0 Å². The molecule has 3 nitrogen and oxygen atoms in total. The van der Waals surface area contributed by atoms with E-state index >= 15 is 0 Å². The van der Waals surface area contributed by atoms with Crippen molar-refractivity contribution in [3.8, 4) is 0 Å². The normalized spacial score (nSPS) is 13.0. The fourth-order valence-corrected chi connectivity index (χ4v) is 2.49. The molecule has 1 aromatic carbocycles. The third kappa shape index (κ3) is 3.78. The highest BCUT2D eigenvalue weighted by molar-refractivity contribution is 5.85. The Labute approximate surface area is 122 Å². The second-order valence-corrected chi connectivity index (χ2v) is 5.55. The highest BCUT2D eigenvalue weighted by atomic mass is 15.1. The van der Waals surface area contributed by atoms with Crippen molar-refractivity contribution < 1.29 is 0 Å². The number of aromatic nitrogens is 1. The topological polar surface area (TPSA) is 28.2 Å². The number of hydrogen-bond acceptors (Lipinski definition) is 3. The number of hydrogen-bond donors (Lipinski definition) is 1. The van der Waals surface area contributed by atoms with E-state index in [0.717, 1.165) is 25.9 Å². The van der Waals surface area contributed by atoms with Crippen LogP contribution in [-0.2, 0) is 0 Å². The van der Waals surface area contributed by atoms with Crippen molar-refractivity contribution in [2.75, 3.05) is 27.2 Å². The summed E-state index contributed by atoms with van der Waals surface area (Å²) in [7, 11) is 4.25. The van der Waals surface area contributed by atoms with Crippen molar-refractivity contribution >= 4 is 10.8 Å². The maximum Gasteiger partial charge on any atom is 0.0353 e. The molecule has 2 rings (SSSR count). The molecule has 1 heterocycles. The van der Waals surface area contributed by atoms with Gasteiger partial charge in [0.05, 0.1) is 0 Å². The number of benzene rings is 1. The van der Waals surface area contributed by atoms with Crippen LogP contribution in [0.15, 0.2) is 36.7 Å². The minimum Gasteiger partial charge on any atom is -0.310 e. The summed E-state index contributed by atoms with van der Waals surface area (Å²) in [5.74, 6) is 0. The maximum atomic E-state index is 4.42. The highest BCUT2D eigenvalue weighted by Gasteiger charge is 2.14. The first-order valence-corrected chi connectivity index (χ1v) is 7.43. The Bertz CT molecular complexity index is 531. The van der Waals surface area contributed by atoms with Gasteiger partial charge in [0, 0.05) is 23.8 Å². The second-order valence-electron chi connectivity index (χ2n) is 5.55. The van der Waals surface area contributed by atoms with E-state index in [2.05, 4.69) is 60.5 Å². The molecule has 1 atom stereocenters. The summed E-state index contributed by atoms with van der Waals surface area (Å²) < 4.78 is 0. The molecule has 0 amide bonds. The summed E-state index contributed by atoms with van der Waals surface area (Å²) in [4.78, 5) is 6.65. The molecule has 1 N–H and O–H groups in total. The van der Waals surface area contributed by atoms with E-state index in [1.54, 1.807) is 0 Å². The van der Waals surface area contributed by atoms with Crippen LogP contribution in [0.4, 0.5) is 0 Å². The molecule has 0 saturated carbocycles. The van der Waals surface area contributed by atoms with E-state index in [4.69, 9.17) is 0 Å². The molecule has 0 aliphatic rings. The average molecular weight is 271 g/mol. The van der Waals surface area contributed by atoms with Gasteiger partial charge in [0.1, 0.15) is 0 Å². The quantitative estimate of drug-likeness (QED) is 0.838. The molecule has 1 unspecified atom stereocenters. The van der Waals surface area contributed by atoms with Gasteiger partial charge in [-0.25, -0.2) is 0 Å². The van der Waals surface area contributed by atoms with Crippen LogP contribution >= 0.6 is 0 Å². The summed E-state index contributed by atoms with van der Waals surface area (Å²) in [5.41, 5.74) is 1.32. The Hall–Kier alpha value is -1.45. The van der Waals surface area contributed by atoms with E-state index in [9.17, 15) is 0 Å². The van der Waals surface area contributed by atoms with Crippen molar-refractivity contribution in [1.29, 1.82) is 0 Å². The second kappa shape index (κ2) is 7.36. The first-order valence-electron chi connectivity index (χ1n) is 7.43. The molecule has 0 aliphatic heterocycles. The Morgan fingerprint density at radius 2 is 2.00 bits per heavy atom. The lowest BCUT2D eigenvalue weighted by Crippen LogP contribution is -2.26. The third-order valence-corrected chi connectivity index (χ3v) is 3.58. The van der Waals surface area contributed by atoms with Crippen LogP contribution in [0.1, 0.15) is 31.4 Å². The monoisotopic (exact) mass is 271 g/mol. The van der Waals surface area contributed by atoms with Gasteiger partial charge >= 0.3 is 0 Å². The van der Waals surface area contributed by atoms with Gasteiger partial charge in [-0.3, -0.25) is 4.98 Å². The minimum atomic E-state index is 0.371. The summed E-state index contributed by atoms with van der Waals surface area (Å²) in [6, 6.07) is 8.88. The predicted molar refractivity (Wildman–Crippen MR) is 85.9 cm³/mol. The smallest absolute Gasteiger partial charge is 0.0353 e. The summed E-state index contributed by atoms with van der Waals surface area (Å²) in [5, 5.41) is 6.20. The summed E-state index contributed by atoms with van der Waals surface area (Å²) in [6.07, 6.45) is 6.21. The lowest BCUT2D eigenvalue weighted by atomic mass is 9.99. The molecule has 0 aliphatic carbocycles. The molecule has 0 spiro atoms. The van der Waals surface area contributed by atoms with Gasteiger partial charge in [-0.1, -0.05) is 31.2 Å². The van der Waals surface area contributed by atoms with Crippen molar-refractivity contribution in [1.82, 2.24) is 15.2 Å². The van der Waals surface area contributed by atoms with Gasteiger partial charge in [-0.05, 0) is 51.0 Å². The Morgan fingerprint density at radius 3 is 2.75 bits per heavy atom. The van der Waals surface area contributed by atoms with Gasteiger partial charge in [0.2, 0.25) is 0 Å². The number of nitrogens with zero attached hydrogens (tertiary/aromatic N) is 2. The number of nitrogens with one attached hydrogen (secondary N) is 1. The van der Waals surface area contributed by atoms with Gasteiger partial charge in [-0.15, -0.1) is 0 Å². The van der Waals surface area contributed by atoms with Crippen molar-refractivity contribution in [2.24, 2.45) is 0 Å². The zero-order valence-corrected chi connectivity index (χ0v) is 12.8. The molecular formula is C17H25N3. The SMILES string of the molecule is CCCNC(CCN(C)C)c1cncc2ccccc12. The van der Waals surface area contributed by atoms with E-state index in [1.807, 2.05) is 12.4 Å². The number of pyridine rings is 1. The molecule has 20 heavy (non-hydrogen) atoms. The van der Waals surface area contributed by atoms with Crippen LogP contribution in [0.3, 0.4) is 0 Å². The Kier molecular flexibility index (Phi) is 5.50. The molecule has 0 fully saturated rings. The third-order valence-electron chi connectivity index (χ3n) is 3.58. The molecule has 1 aromatic heterocycles.